The second-order valence-corrected chi connectivity index (χ2v) is 18.1. The molecule has 64 heavy (non-hydrogen) atoms. The fourth-order valence-corrected chi connectivity index (χ4v) is 7.50. The lowest BCUT2D eigenvalue weighted by atomic mass is 10.1. The van der Waals surface area contributed by atoms with Gasteiger partial charge in [-0.1, -0.05) is 201 Å². The molecule has 0 rings (SSSR count). The Morgan fingerprint density at radius 1 is 0.484 bits per heavy atom. The van der Waals surface area contributed by atoms with Gasteiger partial charge in [-0.3, -0.25) is 13.8 Å². The first kappa shape index (κ1) is 61.4. The highest BCUT2D eigenvalue weighted by Crippen LogP contribution is 2.43. The van der Waals surface area contributed by atoms with Gasteiger partial charge in [0.1, 0.15) is 6.10 Å². The predicted molar refractivity (Wildman–Crippen MR) is 274 cm³/mol. The van der Waals surface area contributed by atoms with Crippen LogP contribution in [-0.2, 0) is 27.9 Å². The van der Waals surface area contributed by atoms with Gasteiger partial charge in [0.2, 0.25) is 0 Å². The number of esters is 1. The first-order chi connectivity index (χ1) is 31.4. The van der Waals surface area contributed by atoms with Crippen molar-refractivity contribution < 1.29 is 32.8 Å². The number of phosphoric acid groups is 1. The van der Waals surface area contributed by atoms with E-state index in [0.717, 1.165) is 89.9 Å². The number of ether oxygens (including phenoxy) is 2. The summed E-state index contributed by atoms with van der Waals surface area (Å²) in [6.07, 6.45) is 68.6. The lowest BCUT2D eigenvalue weighted by Gasteiger charge is -2.20. The zero-order valence-corrected chi connectivity index (χ0v) is 41.9. The van der Waals surface area contributed by atoms with Gasteiger partial charge in [0, 0.05) is 19.6 Å². The Bertz CT molecular complexity index is 1300. The molecular weight excluding hydrogens is 818 g/mol. The van der Waals surface area contributed by atoms with Gasteiger partial charge in [0.25, 0.3) is 0 Å². The monoisotopic (exact) mass is 914 g/mol. The number of hydrogen-bond acceptors (Lipinski definition) is 7. The Morgan fingerprint density at radius 3 is 1.31 bits per heavy atom. The average molecular weight is 914 g/mol. The lowest BCUT2D eigenvalue weighted by molar-refractivity contribution is -0.154. The van der Waals surface area contributed by atoms with Crippen LogP contribution in [0.25, 0.3) is 0 Å². The molecule has 0 fully saturated rings. The van der Waals surface area contributed by atoms with Crippen molar-refractivity contribution in [2.24, 2.45) is 5.73 Å². The minimum Gasteiger partial charge on any atom is -0.457 e. The number of carbonyl (C=O) groups excluding carboxylic acids is 1. The smallest absolute Gasteiger partial charge is 0.457 e. The fourth-order valence-electron chi connectivity index (χ4n) is 6.74. The van der Waals surface area contributed by atoms with Crippen LogP contribution in [0.5, 0.6) is 0 Å². The van der Waals surface area contributed by atoms with Crippen LogP contribution in [0.1, 0.15) is 206 Å². The van der Waals surface area contributed by atoms with Crippen molar-refractivity contribution in [3.05, 3.63) is 97.2 Å². The number of rotatable bonds is 48. The van der Waals surface area contributed by atoms with Gasteiger partial charge in [-0.2, -0.15) is 0 Å². The molecule has 0 aromatic rings. The summed E-state index contributed by atoms with van der Waals surface area (Å²) in [6.45, 7) is 4.74. The molecule has 0 spiro atoms. The molecular formula is C55H96NO7P. The quantitative estimate of drug-likeness (QED) is 0.0268. The van der Waals surface area contributed by atoms with E-state index in [2.05, 4.69) is 111 Å². The van der Waals surface area contributed by atoms with Gasteiger partial charge in [-0.25, -0.2) is 4.57 Å². The van der Waals surface area contributed by atoms with E-state index in [1.54, 1.807) is 0 Å². The molecule has 3 N–H and O–H groups in total. The molecule has 0 aliphatic heterocycles. The van der Waals surface area contributed by atoms with Crippen molar-refractivity contribution in [2.45, 2.75) is 213 Å². The molecule has 0 aliphatic carbocycles. The topological polar surface area (TPSA) is 117 Å². The Balaban J connectivity index is 4.01. The molecule has 2 unspecified atom stereocenters. The number of hydrogen-bond donors (Lipinski definition) is 2. The molecule has 0 heterocycles. The van der Waals surface area contributed by atoms with Crippen LogP contribution < -0.4 is 5.73 Å². The van der Waals surface area contributed by atoms with Crippen molar-refractivity contribution >= 4 is 13.8 Å². The molecule has 0 aliphatic rings. The summed E-state index contributed by atoms with van der Waals surface area (Å²) in [5.41, 5.74) is 5.39. The molecule has 9 heteroatoms. The summed E-state index contributed by atoms with van der Waals surface area (Å²) < 4.78 is 33.6. The van der Waals surface area contributed by atoms with E-state index in [1.165, 1.54) is 96.3 Å². The van der Waals surface area contributed by atoms with Gasteiger partial charge < -0.3 is 20.1 Å². The van der Waals surface area contributed by atoms with E-state index in [1.807, 2.05) is 0 Å². The summed E-state index contributed by atoms with van der Waals surface area (Å²) >= 11 is 0. The second kappa shape index (κ2) is 51.4. The molecule has 2 atom stereocenters. The van der Waals surface area contributed by atoms with Gasteiger partial charge in [0.05, 0.1) is 19.8 Å². The Morgan fingerprint density at radius 2 is 0.875 bits per heavy atom. The maximum atomic E-state index is 12.7. The van der Waals surface area contributed by atoms with Crippen molar-refractivity contribution in [2.75, 3.05) is 33.0 Å². The molecule has 368 valence electrons. The molecule has 0 saturated carbocycles. The Kier molecular flexibility index (Phi) is 49.3. The largest absolute Gasteiger partial charge is 0.472 e. The van der Waals surface area contributed by atoms with Crippen LogP contribution in [0.4, 0.5) is 0 Å². The van der Waals surface area contributed by atoms with E-state index in [-0.39, 0.29) is 32.3 Å². The van der Waals surface area contributed by atoms with E-state index >= 15 is 0 Å². The number of allylic oxidation sites excluding steroid dienone is 16. The summed E-state index contributed by atoms with van der Waals surface area (Å²) in [5, 5.41) is 0. The Hall–Kier alpha value is -2.58. The van der Waals surface area contributed by atoms with E-state index in [4.69, 9.17) is 24.3 Å². The van der Waals surface area contributed by atoms with E-state index in [0.29, 0.717) is 13.0 Å². The minimum atomic E-state index is -4.29. The third kappa shape index (κ3) is 50.4. The molecule has 0 amide bonds. The zero-order chi connectivity index (χ0) is 46.5. The fraction of sp³-hybridized carbons (Fsp3) is 0.691. The maximum Gasteiger partial charge on any atom is 0.472 e. The van der Waals surface area contributed by atoms with Crippen LogP contribution >= 0.6 is 7.82 Å². The molecule has 0 aromatic heterocycles. The van der Waals surface area contributed by atoms with Gasteiger partial charge >= 0.3 is 13.8 Å². The summed E-state index contributed by atoms with van der Waals surface area (Å²) in [5.74, 6) is -0.342. The molecule has 0 aromatic carbocycles. The van der Waals surface area contributed by atoms with Gasteiger partial charge in [-0.05, 0) is 96.3 Å². The van der Waals surface area contributed by atoms with Crippen molar-refractivity contribution in [1.82, 2.24) is 0 Å². The second-order valence-electron chi connectivity index (χ2n) is 16.6. The highest BCUT2D eigenvalue weighted by molar-refractivity contribution is 7.47. The van der Waals surface area contributed by atoms with Crippen molar-refractivity contribution in [3.63, 3.8) is 0 Å². The van der Waals surface area contributed by atoms with Crippen LogP contribution in [-0.4, -0.2) is 49.9 Å². The maximum absolute atomic E-state index is 12.7. The normalized spacial score (nSPS) is 14.1. The minimum absolute atomic E-state index is 0.0926. The van der Waals surface area contributed by atoms with Crippen LogP contribution in [0.15, 0.2) is 97.2 Å². The lowest BCUT2D eigenvalue weighted by Crippen LogP contribution is -2.28. The number of carbonyl (C=O) groups is 1. The van der Waals surface area contributed by atoms with Crippen LogP contribution in [0, 0.1) is 0 Å². The summed E-state index contributed by atoms with van der Waals surface area (Å²) in [4.78, 5) is 22.6. The van der Waals surface area contributed by atoms with Gasteiger partial charge in [-0.15, -0.1) is 0 Å². The predicted octanol–water partition coefficient (Wildman–Crippen LogP) is 16.2. The third-order valence-corrected chi connectivity index (χ3v) is 11.5. The third-order valence-electron chi connectivity index (χ3n) is 10.5. The number of phosphoric ester groups is 1. The van der Waals surface area contributed by atoms with Gasteiger partial charge in [0.15, 0.2) is 0 Å². The van der Waals surface area contributed by atoms with Crippen molar-refractivity contribution in [3.8, 4) is 0 Å². The first-order valence-electron chi connectivity index (χ1n) is 25.7. The highest BCUT2D eigenvalue weighted by atomic mass is 31.2. The molecule has 8 nitrogen and oxygen atoms in total. The molecule has 0 bridgehead atoms. The standard InChI is InChI=1S/C55H96NO7P/c1-3-5-7-9-11-13-15-17-19-21-23-24-25-26-27-28-29-31-33-35-37-39-41-43-45-47-50-60-52-54(53-62-64(58,59)61-51-49-56)63-55(57)48-46-44-42-40-38-36-34-32-30-22-20-18-16-14-12-10-8-6-4-2/h5,7,11-14,17-20,23-24,26-27,29,31,54H,3-4,6,8-10,15-16,21-22,25,28,30,32-53,56H2,1-2H3,(H,58,59)/b7-5-,13-11-,14-12-,19-17-,20-18-,24-23-,27-26-,31-29-. The highest BCUT2D eigenvalue weighted by Gasteiger charge is 2.25. The van der Waals surface area contributed by atoms with Crippen LogP contribution in [0.2, 0.25) is 0 Å². The average Bonchev–Trinajstić information content (AvgIpc) is 3.29. The van der Waals surface area contributed by atoms with Crippen molar-refractivity contribution in [1.29, 1.82) is 0 Å². The number of unbranched alkanes of at least 4 members (excludes halogenated alkanes) is 19. The summed E-state index contributed by atoms with van der Waals surface area (Å²) in [7, 11) is -4.29. The van der Waals surface area contributed by atoms with Crippen LogP contribution in [0.3, 0.4) is 0 Å². The molecule has 0 radical (unpaired) electrons. The van der Waals surface area contributed by atoms with E-state index in [9.17, 15) is 14.3 Å². The zero-order valence-electron chi connectivity index (χ0n) is 41.0. The van der Waals surface area contributed by atoms with E-state index < -0.39 is 13.9 Å². The summed E-state index contributed by atoms with van der Waals surface area (Å²) in [6, 6.07) is 0. The Labute approximate surface area is 393 Å². The SMILES string of the molecule is CC/C=C\C/C=C\C/C=C\C/C=C\C/C=C\C/C=C\CCCCCCCCCOCC(COP(=O)(O)OCCN)OC(=O)CCCCCCCCCCC/C=C\C/C=C\CCCCC. The first-order valence-corrected chi connectivity index (χ1v) is 27.2. The number of nitrogens with two attached hydrogens (primary N) is 1. The molecule has 0 saturated heterocycles.